The Morgan fingerprint density at radius 2 is 1.44 bits per heavy atom. The number of nitrogens with zero attached hydrogens (tertiary/aromatic N) is 2. The van der Waals surface area contributed by atoms with Crippen molar-refractivity contribution >= 4 is 25.0 Å². The van der Waals surface area contributed by atoms with Gasteiger partial charge in [0.15, 0.2) is 48.1 Å². The molecule has 10 atom stereocenters. The van der Waals surface area contributed by atoms with Crippen LogP contribution < -0.4 is 9.09 Å². The molecule has 14 nitrogen and oxygen atoms in total. The van der Waals surface area contributed by atoms with Crippen LogP contribution in [0.15, 0.2) is 188 Å². The number of allylic oxidation sites excluding steroid dienone is 4. The lowest BCUT2D eigenvalue weighted by Gasteiger charge is -2.62. The Labute approximate surface area is 553 Å². The van der Waals surface area contributed by atoms with Crippen molar-refractivity contribution in [3.63, 3.8) is 0 Å². The van der Waals surface area contributed by atoms with Crippen molar-refractivity contribution in [1.29, 1.82) is 0 Å². The van der Waals surface area contributed by atoms with E-state index >= 15 is 9.18 Å². The van der Waals surface area contributed by atoms with Crippen LogP contribution in [0.4, 0.5) is 9.18 Å². The number of alkyl halides is 1. The first-order chi connectivity index (χ1) is 45.0. The molecule has 11 rings (SSSR count). The lowest BCUT2D eigenvalue weighted by Crippen LogP contribution is -2.69. The van der Waals surface area contributed by atoms with Crippen LogP contribution in [0, 0.1) is 22.7 Å². The average Bonchev–Trinajstić information content (AvgIpc) is 1.42. The number of hydrogen-bond donors (Lipinski definition) is 2. The predicted molar refractivity (Wildman–Crippen MR) is 359 cm³/mol. The second kappa shape index (κ2) is 28.4. The SMILES string of the molecule is CC(C)(C)OC(=O)N(CCCCCCOCCCCc1ccccc1)CC(O)c1ccc(C[n+]2cccc(C3O[C@@H]4CC5C6CCC7=CC(=O)C=C[C@]7(C)[C@@]6(F)[C@@H](O)C[C@]5(C)[C@]4(C(=O)COC(c4ccccc4)(c4ccccc4)c4ccccc4)O3)c2)c(OP(C)(C)=O)c1. The lowest BCUT2D eigenvalue weighted by molar-refractivity contribution is -0.689. The van der Waals surface area contributed by atoms with Crippen molar-refractivity contribution in [2.75, 3.05) is 46.2 Å². The minimum atomic E-state index is -3.18. The van der Waals surface area contributed by atoms with E-state index in [0.29, 0.717) is 60.4 Å². The van der Waals surface area contributed by atoms with Crippen molar-refractivity contribution in [3.8, 4) is 5.75 Å². The summed E-state index contributed by atoms with van der Waals surface area (Å²) in [7, 11) is -3.18. The molecule has 4 unspecified atom stereocenters. The molecular formula is C78H93FN2O12P+. The van der Waals surface area contributed by atoms with Gasteiger partial charge >= 0.3 is 6.09 Å². The number of amides is 1. The second-order valence-electron chi connectivity index (χ2n) is 28.2. The average molecular weight is 1300 g/mol. The fraction of sp³-hybridized carbons (Fsp3) is 0.462. The zero-order valence-electron chi connectivity index (χ0n) is 55.5. The number of rotatable bonds is 27. The Morgan fingerprint density at radius 3 is 2.07 bits per heavy atom. The summed E-state index contributed by atoms with van der Waals surface area (Å²) < 4.78 is 73.9. The molecule has 1 amide bonds. The zero-order chi connectivity index (χ0) is 66.5. The summed E-state index contributed by atoms with van der Waals surface area (Å²) in [5.41, 5.74) is -2.33. The second-order valence-corrected chi connectivity index (χ2v) is 30.9. The number of aliphatic hydroxyl groups is 2. The number of halogens is 1. The number of fused-ring (bicyclic) bond motifs is 7. The summed E-state index contributed by atoms with van der Waals surface area (Å²) in [6.45, 7) is 13.7. The molecule has 1 aliphatic heterocycles. The minimum Gasteiger partial charge on any atom is -0.444 e. The number of carbonyl (C=O) groups is 3. The molecule has 2 heterocycles. The highest BCUT2D eigenvalue weighted by Crippen LogP contribution is 2.72. The van der Waals surface area contributed by atoms with Gasteiger partial charge in [0.05, 0.1) is 36.0 Å². The normalized spacial score (nSPS) is 25.9. The van der Waals surface area contributed by atoms with Crippen LogP contribution in [0.1, 0.15) is 150 Å². The van der Waals surface area contributed by atoms with Crippen molar-refractivity contribution in [3.05, 3.63) is 227 Å². The van der Waals surface area contributed by atoms with Gasteiger partial charge in [-0.25, -0.2) is 13.8 Å². The van der Waals surface area contributed by atoms with Gasteiger partial charge in [-0.15, -0.1) is 0 Å². The third kappa shape index (κ3) is 14.0. The van der Waals surface area contributed by atoms with Gasteiger partial charge in [0.1, 0.15) is 23.6 Å². The molecule has 498 valence electrons. The summed E-state index contributed by atoms with van der Waals surface area (Å²) in [6.07, 6.45) is 10.5. The molecule has 5 aliphatic rings. The highest BCUT2D eigenvalue weighted by molar-refractivity contribution is 7.57. The molecule has 2 N–H and O–H groups in total. The van der Waals surface area contributed by atoms with Crippen LogP contribution in [-0.2, 0) is 56.4 Å². The van der Waals surface area contributed by atoms with Crippen LogP contribution >= 0.6 is 7.37 Å². The van der Waals surface area contributed by atoms with Gasteiger partial charge < -0.3 is 43.3 Å². The molecule has 6 aromatic rings. The number of ketones is 2. The lowest BCUT2D eigenvalue weighted by atomic mass is 9.44. The largest absolute Gasteiger partial charge is 0.444 e. The van der Waals surface area contributed by atoms with Crippen molar-refractivity contribution in [1.82, 2.24) is 4.90 Å². The van der Waals surface area contributed by atoms with Crippen LogP contribution in [0.25, 0.3) is 0 Å². The van der Waals surface area contributed by atoms with Crippen LogP contribution in [0.3, 0.4) is 0 Å². The summed E-state index contributed by atoms with van der Waals surface area (Å²) in [5.74, 6) is -1.54. The molecule has 94 heavy (non-hydrogen) atoms. The van der Waals surface area contributed by atoms with Gasteiger partial charge in [-0.3, -0.25) is 14.2 Å². The number of hydrogen-bond acceptors (Lipinski definition) is 12. The van der Waals surface area contributed by atoms with E-state index in [1.807, 2.05) is 160 Å². The van der Waals surface area contributed by atoms with E-state index in [2.05, 4.69) is 24.3 Å². The monoisotopic (exact) mass is 1300 g/mol. The van der Waals surface area contributed by atoms with Crippen LogP contribution in [0.5, 0.6) is 5.75 Å². The van der Waals surface area contributed by atoms with E-state index in [1.54, 1.807) is 30.0 Å². The number of aryl methyl sites for hydroxylation is 1. The molecule has 4 fully saturated rings. The Kier molecular flexibility index (Phi) is 20.7. The van der Waals surface area contributed by atoms with E-state index in [0.717, 1.165) is 61.8 Å². The first-order valence-electron chi connectivity index (χ1n) is 33.6. The number of pyridine rings is 1. The predicted octanol–water partition coefficient (Wildman–Crippen LogP) is 14.5. The van der Waals surface area contributed by atoms with Crippen molar-refractivity contribution in [2.24, 2.45) is 22.7 Å². The van der Waals surface area contributed by atoms with Gasteiger partial charge in [-0.2, -0.15) is 0 Å². The Morgan fingerprint density at radius 1 is 0.809 bits per heavy atom. The van der Waals surface area contributed by atoms with E-state index < -0.39 is 95.6 Å². The molecule has 1 saturated heterocycles. The van der Waals surface area contributed by atoms with Gasteiger partial charge in [0, 0.05) is 55.9 Å². The third-order valence-corrected chi connectivity index (χ3v) is 21.1. The number of Topliss-reactive ketones (excluding diaryl/α,β-unsaturated/α-hetero) is 1. The van der Waals surface area contributed by atoms with Crippen molar-refractivity contribution < 1.29 is 66.3 Å². The van der Waals surface area contributed by atoms with E-state index in [9.17, 15) is 24.4 Å². The number of benzene rings is 5. The van der Waals surface area contributed by atoms with Gasteiger partial charge in [0.25, 0.3) is 0 Å². The van der Waals surface area contributed by atoms with Gasteiger partial charge in [-0.1, -0.05) is 159 Å². The standard InChI is InChI=1S/C78H93FN2O12P/c1-73(2,3)92-72(86)81(44-23-8-9-24-45-88-46-25-22-29-55-27-14-10-15-28-55)53-66(83)56-37-38-57(67(47-56)93-94(6,7)87)51-80-43-26-30-58(52-80)71-90-70-49-65-64-40-39-62-48-63(82)41-42-74(62,4)77(64,79)68(84)50-75(65,5)78(70,91-71)69(85)54-89-76(59-31-16-11-17-32-59,60-33-18-12-19-34-60)61-35-20-13-21-36-61/h10-21,26-28,30-38,41-43,47-48,52,64-66,68,70-71,83-84H,8-9,22-25,29,39-40,44-46,49-51,53-54H2,1-7H3/q+1/t64?,65?,66?,68-,70+,71?,74-,75-,77-,78+/m0/s1. The highest BCUT2D eigenvalue weighted by Gasteiger charge is 2.79. The number of aliphatic hydroxyl groups excluding tert-OH is 2. The maximum Gasteiger partial charge on any atom is 0.410 e. The topological polar surface area (TPSA) is 171 Å². The molecule has 0 bridgehead atoms. The van der Waals surface area contributed by atoms with Gasteiger partial charge in [0.2, 0.25) is 7.37 Å². The molecule has 5 aromatic carbocycles. The van der Waals surface area contributed by atoms with E-state index in [-0.39, 0.29) is 31.7 Å². The summed E-state index contributed by atoms with van der Waals surface area (Å²) in [5, 5.41) is 24.6. The Balaban J connectivity index is 0.837. The zero-order valence-corrected chi connectivity index (χ0v) is 56.4. The first kappa shape index (κ1) is 68.4. The molecular weight excluding hydrogens is 1210 g/mol. The number of aromatic nitrogens is 1. The fourth-order valence-corrected chi connectivity index (χ4v) is 16.5. The Bertz CT molecular complexity index is 3630. The summed E-state index contributed by atoms with van der Waals surface area (Å²) in [4.78, 5) is 44.3. The summed E-state index contributed by atoms with van der Waals surface area (Å²) >= 11 is 0. The van der Waals surface area contributed by atoms with Gasteiger partial charge in [-0.05, 0) is 150 Å². The molecule has 1 aromatic heterocycles. The number of unbranched alkanes of at least 4 members (excludes halogenated alkanes) is 4. The maximum absolute atomic E-state index is 18.7. The molecule has 0 spiro atoms. The van der Waals surface area contributed by atoms with Crippen LogP contribution in [0.2, 0.25) is 0 Å². The van der Waals surface area contributed by atoms with E-state index in [4.69, 9.17) is 28.2 Å². The molecule has 0 radical (unpaired) electrons. The smallest absolute Gasteiger partial charge is 0.410 e. The molecule has 3 saturated carbocycles. The Hall–Kier alpha value is -6.94. The van der Waals surface area contributed by atoms with Crippen LogP contribution in [-0.4, -0.2) is 108 Å². The molecule has 4 aliphatic carbocycles. The van der Waals surface area contributed by atoms with Crippen molar-refractivity contribution in [2.45, 2.75) is 159 Å². The first-order valence-corrected chi connectivity index (χ1v) is 36.1. The fourth-order valence-electron chi connectivity index (χ4n) is 15.9. The number of ether oxygens (including phenoxy) is 5. The van der Waals surface area contributed by atoms with E-state index in [1.165, 1.54) is 31.0 Å². The highest BCUT2D eigenvalue weighted by atomic mass is 31.2. The maximum atomic E-state index is 18.7. The molecule has 16 heteroatoms. The third-order valence-electron chi connectivity index (χ3n) is 20.4. The number of carbonyl (C=O) groups excluding carboxylic acids is 3. The minimum absolute atomic E-state index is 0.0514. The quantitative estimate of drug-likeness (QED) is 0.0217. The summed E-state index contributed by atoms with van der Waals surface area (Å²) in [6, 6.07) is 48.9.